The number of aliphatic hydroxyl groups excluding tert-OH is 1. The van der Waals surface area contributed by atoms with Crippen molar-refractivity contribution in [3.05, 3.63) is 129 Å². The Kier molecular flexibility index (Phi) is 8.45. The first-order valence-electron chi connectivity index (χ1n) is 15.1. The SMILES string of the molecule is Cc1cnc(CN(Cc2ccc(CNC(=O)C3C[C@H]3c3ccccc3)cc2CO)[C@H]2CCCc3cccnc32)c(C)c1. The maximum absolute atomic E-state index is 12.8. The van der Waals surface area contributed by atoms with Crippen molar-refractivity contribution in [3.8, 4) is 0 Å². The Bertz CT molecular complexity index is 1550. The number of benzene rings is 2. The van der Waals surface area contributed by atoms with Crippen LogP contribution >= 0.6 is 0 Å². The van der Waals surface area contributed by atoms with E-state index in [1.807, 2.05) is 42.7 Å². The standard InChI is InChI=1S/C36H40N4O2/c1-24-16-25(2)33(38-19-24)22-40(34-12-6-10-28-11-7-15-37-35(28)34)21-29-14-13-26(17-30(29)23-41)20-39-36(42)32-18-31(32)27-8-4-3-5-9-27/h3-5,7-9,11,13-17,19,31-32,34,41H,6,10,12,18,20-23H2,1-2H3,(H,39,42)/t31-,32?,34-/m0/s1. The number of carbonyl (C=O) groups excluding carboxylic acids is 1. The Morgan fingerprint density at radius 3 is 2.67 bits per heavy atom. The molecular formula is C36H40N4O2. The van der Waals surface area contributed by atoms with Crippen LogP contribution in [0.5, 0.6) is 0 Å². The summed E-state index contributed by atoms with van der Waals surface area (Å²) in [5.74, 6) is 0.469. The number of rotatable bonds is 10. The number of nitrogens with zero attached hydrogens (tertiary/aromatic N) is 3. The van der Waals surface area contributed by atoms with Gasteiger partial charge in [-0.3, -0.25) is 19.7 Å². The minimum absolute atomic E-state index is 0.0448. The highest BCUT2D eigenvalue weighted by atomic mass is 16.3. The molecule has 0 aliphatic heterocycles. The van der Waals surface area contributed by atoms with E-state index in [2.05, 4.69) is 60.5 Å². The lowest BCUT2D eigenvalue weighted by molar-refractivity contribution is -0.122. The van der Waals surface area contributed by atoms with Gasteiger partial charge in [-0.2, -0.15) is 0 Å². The van der Waals surface area contributed by atoms with Gasteiger partial charge in [-0.15, -0.1) is 0 Å². The summed E-state index contributed by atoms with van der Waals surface area (Å²) in [6, 6.07) is 23.1. The van der Waals surface area contributed by atoms with E-state index >= 15 is 0 Å². The molecule has 2 N–H and O–H groups in total. The Hall–Kier alpha value is -3.87. The van der Waals surface area contributed by atoms with Crippen molar-refractivity contribution in [1.29, 1.82) is 0 Å². The van der Waals surface area contributed by atoms with Crippen LogP contribution in [0, 0.1) is 19.8 Å². The highest BCUT2D eigenvalue weighted by molar-refractivity contribution is 5.82. The molecule has 2 heterocycles. The third-order valence-electron chi connectivity index (χ3n) is 8.92. The number of nitrogens with one attached hydrogen (secondary N) is 1. The summed E-state index contributed by atoms with van der Waals surface area (Å²) in [5.41, 5.74) is 10.1. The lowest BCUT2D eigenvalue weighted by Crippen LogP contribution is -2.32. The summed E-state index contributed by atoms with van der Waals surface area (Å²) < 4.78 is 0. The minimum atomic E-state index is -0.0506. The van der Waals surface area contributed by atoms with Crippen molar-refractivity contribution in [2.24, 2.45) is 5.92 Å². The van der Waals surface area contributed by atoms with Crippen LogP contribution < -0.4 is 5.32 Å². The van der Waals surface area contributed by atoms with Crippen LogP contribution in [0.1, 0.15) is 81.6 Å². The van der Waals surface area contributed by atoms with Gasteiger partial charge in [0.25, 0.3) is 0 Å². The predicted molar refractivity (Wildman–Crippen MR) is 164 cm³/mol. The van der Waals surface area contributed by atoms with Gasteiger partial charge in [-0.25, -0.2) is 0 Å². The van der Waals surface area contributed by atoms with Crippen LogP contribution in [0.2, 0.25) is 0 Å². The summed E-state index contributed by atoms with van der Waals surface area (Å²) in [6.07, 6.45) is 7.97. The molecule has 1 unspecified atom stereocenters. The average molecular weight is 561 g/mol. The van der Waals surface area contributed by atoms with Gasteiger partial charge in [0.05, 0.1) is 24.0 Å². The largest absolute Gasteiger partial charge is 0.392 e. The molecular weight excluding hydrogens is 520 g/mol. The molecule has 1 fully saturated rings. The molecule has 2 aromatic carbocycles. The van der Waals surface area contributed by atoms with Gasteiger partial charge in [0, 0.05) is 37.9 Å². The van der Waals surface area contributed by atoms with Crippen LogP contribution in [-0.2, 0) is 37.5 Å². The number of aliphatic hydroxyl groups is 1. The number of aryl methyl sites for hydroxylation is 3. The zero-order valence-corrected chi connectivity index (χ0v) is 24.6. The van der Waals surface area contributed by atoms with Crippen LogP contribution in [0.3, 0.4) is 0 Å². The third-order valence-corrected chi connectivity index (χ3v) is 8.92. The van der Waals surface area contributed by atoms with Gasteiger partial charge >= 0.3 is 0 Å². The maximum Gasteiger partial charge on any atom is 0.224 e. The highest BCUT2D eigenvalue weighted by Crippen LogP contribution is 2.47. The van der Waals surface area contributed by atoms with Crippen LogP contribution in [0.25, 0.3) is 0 Å². The molecule has 0 spiro atoms. The number of carbonyl (C=O) groups is 1. The van der Waals surface area contributed by atoms with Gasteiger partial charge in [-0.05, 0) is 90.5 Å². The fourth-order valence-electron chi connectivity index (χ4n) is 6.50. The summed E-state index contributed by atoms with van der Waals surface area (Å²) in [6.45, 7) is 6.00. The van der Waals surface area contributed by atoms with E-state index in [1.54, 1.807) is 0 Å². The van der Waals surface area contributed by atoms with Crippen molar-refractivity contribution in [2.45, 2.75) is 77.7 Å². The maximum atomic E-state index is 12.8. The van der Waals surface area contributed by atoms with Crippen LogP contribution in [-0.4, -0.2) is 25.9 Å². The minimum Gasteiger partial charge on any atom is -0.392 e. The molecule has 6 nitrogen and oxygen atoms in total. The van der Waals surface area contributed by atoms with Gasteiger partial charge in [0.1, 0.15) is 0 Å². The fourth-order valence-corrected chi connectivity index (χ4v) is 6.50. The van der Waals surface area contributed by atoms with Gasteiger partial charge in [-0.1, -0.05) is 60.7 Å². The summed E-state index contributed by atoms with van der Waals surface area (Å²) >= 11 is 0. The first-order chi connectivity index (χ1) is 20.5. The topological polar surface area (TPSA) is 78.4 Å². The summed E-state index contributed by atoms with van der Waals surface area (Å²) in [7, 11) is 0. The van der Waals surface area contributed by atoms with Gasteiger partial charge in [0.2, 0.25) is 5.91 Å². The molecule has 0 saturated heterocycles. The van der Waals surface area contributed by atoms with Crippen molar-refractivity contribution >= 4 is 5.91 Å². The number of hydrogen-bond acceptors (Lipinski definition) is 5. The molecule has 2 aromatic heterocycles. The predicted octanol–water partition coefficient (Wildman–Crippen LogP) is 6.09. The molecule has 0 bridgehead atoms. The Balaban J connectivity index is 1.19. The molecule has 3 atom stereocenters. The van der Waals surface area contributed by atoms with E-state index < -0.39 is 0 Å². The quantitative estimate of drug-likeness (QED) is 0.246. The summed E-state index contributed by atoms with van der Waals surface area (Å²) in [4.78, 5) is 25.0. The Morgan fingerprint density at radius 1 is 1.00 bits per heavy atom. The van der Waals surface area contributed by atoms with Crippen LogP contribution in [0.15, 0.2) is 79.1 Å². The second kappa shape index (κ2) is 12.6. The first kappa shape index (κ1) is 28.3. The van der Waals surface area contributed by atoms with Crippen LogP contribution in [0.4, 0.5) is 0 Å². The molecule has 1 saturated carbocycles. The molecule has 216 valence electrons. The molecule has 1 amide bonds. The number of amides is 1. The van der Waals surface area contributed by atoms with Gasteiger partial charge in [0.15, 0.2) is 0 Å². The smallest absolute Gasteiger partial charge is 0.224 e. The van der Waals surface area contributed by atoms with E-state index in [0.717, 1.165) is 59.3 Å². The summed E-state index contributed by atoms with van der Waals surface area (Å²) in [5, 5.41) is 13.5. The van der Waals surface area contributed by atoms with E-state index in [4.69, 9.17) is 9.97 Å². The van der Waals surface area contributed by atoms with Gasteiger partial charge < -0.3 is 10.4 Å². The molecule has 4 aromatic rings. The number of hydrogen-bond donors (Lipinski definition) is 2. The van der Waals surface area contributed by atoms with E-state index in [9.17, 15) is 9.90 Å². The second-order valence-electron chi connectivity index (χ2n) is 12.0. The second-order valence-corrected chi connectivity index (χ2v) is 12.0. The fraction of sp³-hybridized carbons (Fsp3) is 0.361. The number of aromatic nitrogens is 2. The normalized spacial score (nSPS) is 19.4. The monoisotopic (exact) mass is 560 g/mol. The van der Waals surface area contributed by atoms with Crippen molar-refractivity contribution in [2.75, 3.05) is 0 Å². The number of fused-ring (bicyclic) bond motifs is 1. The lowest BCUT2D eigenvalue weighted by atomic mass is 9.90. The highest BCUT2D eigenvalue weighted by Gasteiger charge is 2.43. The first-order valence-corrected chi connectivity index (χ1v) is 15.1. The average Bonchev–Trinajstić information content (AvgIpc) is 3.83. The molecule has 2 aliphatic rings. The molecule has 6 rings (SSSR count). The molecule has 42 heavy (non-hydrogen) atoms. The molecule has 2 aliphatic carbocycles. The van der Waals surface area contributed by atoms with E-state index in [0.29, 0.717) is 25.6 Å². The van der Waals surface area contributed by atoms with Crippen molar-refractivity contribution < 1.29 is 9.90 Å². The number of pyridine rings is 2. The third kappa shape index (κ3) is 6.30. The molecule has 6 heteroatoms. The Morgan fingerprint density at radius 2 is 1.86 bits per heavy atom. The lowest BCUT2D eigenvalue weighted by Gasteiger charge is -2.35. The Labute approximate surface area is 248 Å². The van der Waals surface area contributed by atoms with E-state index in [1.165, 1.54) is 16.7 Å². The van der Waals surface area contributed by atoms with Crippen molar-refractivity contribution in [1.82, 2.24) is 20.2 Å². The van der Waals surface area contributed by atoms with Crippen molar-refractivity contribution in [3.63, 3.8) is 0 Å². The zero-order valence-electron chi connectivity index (χ0n) is 24.6. The zero-order chi connectivity index (χ0) is 29.1. The van der Waals surface area contributed by atoms with E-state index in [-0.39, 0.29) is 24.5 Å². The molecule has 0 radical (unpaired) electrons.